The standard InChI is InChI=1S/C42H38N2.2C2H6.C2H4/c1-29-11-5-7-13-33(29)19-17-31(3)38-25-39(32(4)18-20-34-14-8-6-12-30(34)2)27-40(26-38)35-21-23-36(24-22-35)42(44)41-16-10-9-15-37(41)28-43;3*1-2/h5-28H,3-4,43-44H2,1-2H3;2*1-2H3;1-2H2/b19-17-,20-18-,37-28-,42-41-;;;. The molecule has 2 nitrogen and oxygen atoms in total. The molecule has 0 bridgehead atoms. The predicted molar refractivity (Wildman–Crippen MR) is 225 cm³/mol. The van der Waals surface area contributed by atoms with Gasteiger partial charge in [-0.3, -0.25) is 0 Å². The summed E-state index contributed by atoms with van der Waals surface area (Å²) in [6.07, 6.45) is 10.0. The lowest BCUT2D eigenvalue weighted by atomic mass is 9.92. The second-order valence-corrected chi connectivity index (χ2v) is 11.0. The number of allylic oxidation sites excluding steroid dienone is 4. The third-order valence-corrected chi connectivity index (χ3v) is 7.94. The van der Waals surface area contributed by atoms with Crippen molar-refractivity contribution in [1.29, 1.82) is 0 Å². The Morgan fingerprint density at radius 3 is 1.44 bits per heavy atom. The molecule has 0 aliphatic heterocycles. The minimum Gasteiger partial charge on any atom is -0.404 e. The van der Waals surface area contributed by atoms with Gasteiger partial charge in [-0.15, -0.1) is 13.2 Å². The Morgan fingerprint density at radius 1 is 0.540 bits per heavy atom. The van der Waals surface area contributed by atoms with Crippen molar-refractivity contribution in [3.8, 4) is 11.1 Å². The molecule has 50 heavy (non-hydrogen) atoms. The molecule has 0 aliphatic carbocycles. The van der Waals surface area contributed by atoms with Gasteiger partial charge in [0.15, 0.2) is 0 Å². The highest BCUT2D eigenvalue weighted by Gasteiger charge is 2.08. The summed E-state index contributed by atoms with van der Waals surface area (Å²) >= 11 is 0. The molecule has 0 aromatic heterocycles. The SMILES string of the molecule is C=C.C=C(/C=C\c1ccccc1C)c1cc(C(=C)/C=C\c2ccccc2C)cc(-c2ccc(/C(N)=c3\cccc\c3=C\N)cc2)c1.CC.CC. The van der Waals surface area contributed by atoms with Crippen LogP contribution in [0.2, 0.25) is 0 Å². The van der Waals surface area contributed by atoms with Crippen molar-refractivity contribution in [2.45, 2.75) is 41.5 Å². The van der Waals surface area contributed by atoms with Gasteiger partial charge in [0.2, 0.25) is 0 Å². The van der Waals surface area contributed by atoms with Crippen LogP contribution in [0.15, 0.2) is 154 Å². The number of hydrogen-bond donors (Lipinski definition) is 2. The molecule has 5 aromatic carbocycles. The van der Waals surface area contributed by atoms with Crippen molar-refractivity contribution in [3.05, 3.63) is 203 Å². The van der Waals surface area contributed by atoms with Crippen molar-refractivity contribution < 1.29 is 0 Å². The van der Waals surface area contributed by atoms with Crippen LogP contribution in [0.4, 0.5) is 0 Å². The van der Waals surface area contributed by atoms with Gasteiger partial charge in [-0.25, -0.2) is 0 Å². The van der Waals surface area contributed by atoms with Crippen molar-refractivity contribution in [2.24, 2.45) is 11.5 Å². The number of hydrogen-bond acceptors (Lipinski definition) is 2. The molecule has 4 N–H and O–H groups in total. The van der Waals surface area contributed by atoms with Crippen LogP contribution in [0.25, 0.3) is 46.3 Å². The molecular weight excluding hydrogens is 605 g/mol. The Bertz CT molecular complexity index is 1950. The lowest BCUT2D eigenvalue weighted by molar-refractivity contribution is 1.40. The maximum atomic E-state index is 6.60. The number of aryl methyl sites for hydroxylation is 2. The highest BCUT2D eigenvalue weighted by atomic mass is 14.6. The van der Waals surface area contributed by atoms with E-state index < -0.39 is 0 Å². The third-order valence-electron chi connectivity index (χ3n) is 7.94. The van der Waals surface area contributed by atoms with Gasteiger partial charge in [-0.2, -0.15) is 0 Å². The summed E-state index contributed by atoms with van der Waals surface area (Å²) in [5, 5.41) is 1.82. The second-order valence-electron chi connectivity index (χ2n) is 11.0. The van der Waals surface area contributed by atoms with E-state index in [9.17, 15) is 0 Å². The molecule has 0 aliphatic rings. The van der Waals surface area contributed by atoms with Gasteiger partial charge in [0.05, 0.1) is 0 Å². The van der Waals surface area contributed by atoms with Crippen molar-refractivity contribution in [2.75, 3.05) is 0 Å². The van der Waals surface area contributed by atoms with Crippen LogP contribution in [0.1, 0.15) is 66.6 Å². The zero-order valence-corrected chi connectivity index (χ0v) is 30.8. The van der Waals surface area contributed by atoms with E-state index in [1.165, 1.54) is 22.3 Å². The molecule has 0 atom stereocenters. The second kappa shape index (κ2) is 21.2. The topological polar surface area (TPSA) is 52.0 Å². The van der Waals surface area contributed by atoms with E-state index in [-0.39, 0.29) is 0 Å². The monoisotopic (exact) mass is 658 g/mol. The fourth-order valence-corrected chi connectivity index (χ4v) is 5.17. The highest BCUT2D eigenvalue weighted by Crippen LogP contribution is 2.30. The van der Waals surface area contributed by atoms with E-state index >= 15 is 0 Å². The molecular formula is C48H54N2. The van der Waals surface area contributed by atoms with Crippen LogP contribution >= 0.6 is 0 Å². The number of nitrogens with two attached hydrogens (primary N) is 2. The minimum atomic E-state index is 0.688. The maximum Gasteiger partial charge on any atom is 0.0467 e. The smallest absolute Gasteiger partial charge is 0.0467 e. The van der Waals surface area contributed by atoms with Gasteiger partial charge in [0, 0.05) is 17.1 Å². The van der Waals surface area contributed by atoms with E-state index in [4.69, 9.17) is 11.5 Å². The van der Waals surface area contributed by atoms with Gasteiger partial charge in [0.25, 0.3) is 0 Å². The highest BCUT2D eigenvalue weighted by molar-refractivity contribution is 5.86. The summed E-state index contributed by atoms with van der Waals surface area (Å²) in [5.41, 5.74) is 25.0. The van der Waals surface area contributed by atoms with E-state index in [0.29, 0.717) is 5.70 Å². The van der Waals surface area contributed by atoms with E-state index in [1.54, 1.807) is 6.20 Å². The maximum absolute atomic E-state index is 6.60. The first-order valence-electron chi connectivity index (χ1n) is 17.2. The van der Waals surface area contributed by atoms with Gasteiger partial charge in [-0.05, 0) is 98.5 Å². The molecule has 256 valence electrons. The van der Waals surface area contributed by atoms with Crippen LogP contribution in [0, 0.1) is 13.8 Å². The Kier molecular flexibility index (Phi) is 17.1. The average Bonchev–Trinajstić information content (AvgIpc) is 3.19. The molecule has 0 spiro atoms. The molecule has 5 aromatic rings. The summed E-state index contributed by atoms with van der Waals surface area (Å²) < 4.78 is 0. The molecule has 0 fully saturated rings. The average molecular weight is 659 g/mol. The lowest BCUT2D eigenvalue weighted by Gasteiger charge is -2.12. The van der Waals surface area contributed by atoms with Crippen molar-refractivity contribution >= 4 is 35.2 Å². The van der Waals surface area contributed by atoms with E-state index in [1.807, 2.05) is 52.0 Å². The molecule has 0 radical (unpaired) electrons. The van der Waals surface area contributed by atoms with Gasteiger partial charge < -0.3 is 11.5 Å². The van der Waals surface area contributed by atoms with E-state index in [0.717, 1.165) is 49.4 Å². The van der Waals surface area contributed by atoms with E-state index in [2.05, 4.69) is 155 Å². The normalized spacial score (nSPS) is 11.4. The molecule has 5 rings (SSSR count). The zero-order valence-electron chi connectivity index (χ0n) is 30.8. The first kappa shape index (κ1) is 40.3. The predicted octanol–water partition coefficient (Wildman–Crippen LogP) is 11.1. The summed E-state index contributed by atoms with van der Waals surface area (Å²) in [4.78, 5) is 0. The van der Waals surface area contributed by atoms with Gasteiger partial charge in [0.1, 0.15) is 0 Å². The number of rotatable bonds is 8. The van der Waals surface area contributed by atoms with Gasteiger partial charge in [-0.1, -0.05) is 162 Å². The first-order chi connectivity index (χ1) is 24.3. The Balaban J connectivity index is 0.00000137. The minimum absolute atomic E-state index is 0.688. The Hall–Kier alpha value is -5.86. The summed E-state index contributed by atoms with van der Waals surface area (Å²) in [6, 6.07) is 39.4. The lowest BCUT2D eigenvalue weighted by Crippen LogP contribution is -2.30. The molecule has 0 saturated heterocycles. The summed E-state index contributed by atoms with van der Waals surface area (Å²) in [6.45, 7) is 27.1. The number of benzene rings is 5. The van der Waals surface area contributed by atoms with Crippen LogP contribution in [0.5, 0.6) is 0 Å². The quantitative estimate of drug-likeness (QED) is 0.129. The molecule has 0 unspecified atom stereocenters. The van der Waals surface area contributed by atoms with Crippen LogP contribution in [0.3, 0.4) is 0 Å². The Morgan fingerprint density at radius 2 is 0.980 bits per heavy atom. The van der Waals surface area contributed by atoms with Crippen molar-refractivity contribution in [3.63, 3.8) is 0 Å². The van der Waals surface area contributed by atoms with Gasteiger partial charge >= 0.3 is 0 Å². The van der Waals surface area contributed by atoms with Crippen molar-refractivity contribution in [1.82, 2.24) is 0 Å². The third kappa shape index (κ3) is 10.8. The largest absolute Gasteiger partial charge is 0.404 e. The van der Waals surface area contributed by atoms with Crippen LogP contribution in [-0.2, 0) is 0 Å². The zero-order chi connectivity index (χ0) is 37.1. The first-order valence-corrected chi connectivity index (χ1v) is 17.2. The fourth-order valence-electron chi connectivity index (χ4n) is 5.17. The molecule has 2 heteroatoms. The summed E-state index contributed by atoms with van der Waals surface area (Å²) in [7, 11) is 0. The molecule has 0 saturated carbocycles. The Labute approximate surface area is 301 Å². The fraction of sp³-hybridized carbons (Fsp3) is 0.125. The van der Waals surface area contributed by atoms with Crippen LogP contribution < -0.4 is 21.9 Å². The molecule has 0 amide bonds. The van der Waals surface area contributed by atoms with Crippen LogP contribution in [-0.4, -0.2) is 0 Å². The summed E-state index contributed by atoms with van der Waals surface area (Å²) in [5.74, 6) is 0. The molecule has 0 heterocycles.